The highest BCUT2D eigenvalue weighted by Gasteiger charge is 2.20. The minimum Gasteiger partial charge on any atom is -0.366 e. The van der Waals surface area contributed by atoms with E-state index in [-0.39, 0.29) is 23.4 Å². The lowest BCUT2D eigenvalue weighted by atomic mass is 9.96. The average Bonchev–Trinajstić information content (AvgIpc) is 2.03. The molecule has 0 unspecified atom stereocenters. The Labute approximate surface area is 74.1 Å². The number of hydrogen-bond donors (Lipinski definition) is 2. The van der Waals surface area contributed by atoms with Crippen LogP contribution in [-0.2, 0) is 14.4 Å². The molecule has 1 aliphatic rings. The minimum atomic E-state index is -0.786. The smallest absolute Gasteiger partial charge is 0.249 e. The average molecular weight is 180 g/mol. The SMILES string of the molecule is NC(=O)C1=C(C(N)=O)CC(=O)C=C1. The predicted octanol–water partition coefficient (Wildman–Crippen LogP) is -1.22. The van der Waals surface area contributed by atoms with E-state index in [9.17, 15) is 14.4 Å². The predicted molar refractivity (Wildman–Crippen MR) is 44.2 cm³/mol. The molecule has 0 aliphatic heterocycles. The summed E-state index contributed by atoms with van der Waals surface area (Å²) in [5.74, 6) is -1.80. The summed E-state index contributed by atoms with van der Waals surface area (Å²) in [5.41, 5.74) is 9.95. The van der Waals surface area contributed by atoms with E-state index in [1.165, 1.54) is 12.2 Å². The fraction of sp³-hybridized carbons (Fsp3) is 0.125. The molecule has 2 amide bonds. The van der Waals surface area contributed by atoms with Gasteiger partial charge >= 0.3 is 0 Å². The molecule has 1 rings (SSSR count). The molecule has 0 saturated carbocycles. The van der Waals surface area contributed by atoms with Crippen LogP contribution in [0.3, 0.4) is 0 Å². The van der Waals surface area contributed by atoms with Gasteiger partial charge in [-0.3, -0.25) is 14.4 Å². The molecule has 0 aromatic rings. The van der Waals surface area contributed by atoms with Crippen molar-refractivity contribution in [2.24, 2.45) is 11.5 Å². The van der Waals surface area contributed by atoms with Gasteiger partial charge in [0.2, 0.25) is 11.8 Å². The zero-order valence-electron chi connectivity index (χ0n) is 6.74. The molecule has 13 heavy (non-hydrogen) atoms. The standard InChI is InChI=1S/C8H8N2O3/c9-7(12)5-2-1-4(11)3-6(5)8(10)13/h1-2H,3H2,(H2,9,12)(H2,10,13). The number of amides is 2. The van der Waals surface area contributed by atoms with E-state index in [0.29, 0.717) is 0 Å². The van der Waals surface area contributed by atoms with Crippen molar-refractivity contribution in [3.05, 3.63) is 23.3 Å². The number of nitrogens with two attached hydrogens (primary N) is 2. The third-order valence-corrected chi connectivity index (χ3v) is 1.67. The third-order valence-electron chi connectivity index (χ3n) is 1.67. The van der Waals surface area contributed by atoms with Crippen molar-refractivity contribution in [2.45, 2.75) is 6.42 Å². The second-order valence-electron chi connectivity index (χ2n) is 2.60. The van der Waals surface area contributed by atoms with Gasteiger partial charge in [-0.2, -0.15) is 0 Å². The molecule has 68 valence electrons. The van der Waals surface area contributed by atoms with Crippen molar-refractivity contribution < 1.29 is 14.4 Å². The lowest BCUT2D eigenvalue weighted by Crippen LogP contribution is -2.25. The molecule has 0 atom stereocenters. The van der Waals surface area contributed by atoms with E-state index in [0.717, 1.165) is 0 Å². The monoisotopic (exact) mass is 180 g/mol. The molecular weight excluding hydrogens is 172 g/mol. The van der Waals surface area contributed by atoms with Gasteiger partial charge < -0.3 is 11.5 Å². The summed E-state index contributed by atoms with van der Waals surface area (Å²) in [4.78, 5) is 32.4. The van der Waals surface area contributed by atoms with Gasteiger partial charge in [-0.1, -0.05) is 0 Å². The van der Waals surface area contributed by atoms with E-state index in [2.05, 4.69) is 0 Å². The molecule has 0 saturated heterocycles. The molecule has 5 heteroatoms. The maximum atomic E-state index is 10.9. The van der Waals surface area contributed by atoms with Crippen LogP contribution in [0.15, 0.2) is 23.3 Å². The first-order valence-electron chi connectivity index (χ1n) is 3.56. The molecular formula is C8H8N2O3. The molecule has 4 N–H and O–H groups in total. The fourth-order valence-electron chi connectivity index (χ4n) is 1.06. The topological polar surface area (TPSA) is 103 Å². The second-order valence-corrected chi connectivity index (χ2v) is 2.60. The zero-order valence-corrected chi connectivity index (χ0v) is 6.74. The Bertz CT molecular complexity index is 352. The van der Waals surface area contributed by atoms with E-state index < -0.39 is 11.8 Å². The highest BCUT2D eigenvalue weighted by atomic mass is 16.2. The summed E-state index contributed by atoms with van der Waals surface area (Å²) in [6.07, 6.45) is 2.27. The number of ketones is 1. The van der Waals surface area contributed by atoms with Crippen LogP contribution >= 0.6 is 0 Å². The van der Waals surface area contributed by atoms with Crippen molar-refractivity contribution in [3.8, 4) is 0 Å². The normalized spacial score (nSPS) is 16.2. The van der Waals surface area contributed by atoms with E-state index in [4.69, 9.17) is 11.5 Å². The third kappa shape index (κ3) is 1.81. The van der Waals surface area contributed by atoms with Gasteiger partial charge in [0, 0.05) is 17.6 Å². The van der Waals surface area contributed by atoms with Gasteiger partial charge in [0.25, 0.3) is 0 Å². The first kappa shape index (κ1) is 9.18. The molecule has 0 bridgehead atoms. The van der Waals surface area contributed by atoms with Crippen LogP contribution in [0.5, 0.6) is 0 Å². The molecule has 0 aromatic carbocycles. The number of primary amides is 2. The van der Waals surface area contributed by atoms with E-state index >= 15 is 0 Å². The van der Waals surface area contributed by atoms with Gasteiger partial charge in [0.1, 0.15) is 0 Å². The second kappa shape index (κ2) is 3.22. The summed E-state index contributed by atoms with van der Waals surface area (Å²) in [5, 5.41) is 0. The van der Waals surface area contributed by atoms with E-state index in [1.807, 2.05) is 0 Å². The lowest BCUT2D eigenvalue weighted by molar-refractivity contribution is -0.119. The van der Waals surface area contributed by atoms with Crippen LogP contribution in [0.2, 0.25) is 0 Å². The summed E-state index contributed by atoms with van der Waals surface area (Å²) in [6.45, 7) is 0. The Balaban J connectivity index is 3.17. The summed E-state index contributed by atoms with van der Waals surface area (Å²) < 4.78 is 0. The number of allylic oxidation sites excluding steroid dienone is 1. The Hall–Kier alpha value is -1.91. The largest absolute Gasteiger partial charge is 0.366 e. The molecule has 0 spiro atoms. The molecule has 5 nitrogen and oxygen atoms in total. The van der Waals surface area contributed by atoms with E-state index in [1.54, 1.807) is 0 Å². The van der Waals surface area contributed by atoms with Gasteiger partial charge in [-0.05, 0) is 12.2 Å². The Morgan fingerprint density at radius 2 is 1.77 bits per heavy atom. The van der Waals surface area contributed by atoms with Crippen molar-refractivity contribution >= 4 is 17.6 Å². The quantitative estimate of drug-likeness (QED) is 0.556. The molecule has 1 aliphatic carbocycles. The van der Waals surface area contributed by atoms with Gasteiger partial charge in [0.05, 0.1) is 0 Å². The van der Waals surface area contributed by atoms with Crippen LogP contribution in [0, 0.1) is 0 Å². The first-order valence-corrected chi connectivity index (χ1v) is 3.56. The summed E-state index contributed by atoms with van der Waals surface area (Å²) in [7, 11) is 0. The summed E-state index contributed by atoms with van der Waals surface area (Å²) >= 11 is 0. The Morgan fingerprint density at radius 1 is 1.15 bits per heavy atom. The number of carbonyl (C=O) groups is 3. The fourth-order valence-corrected chi connectivity index (χ4v) is 1.06. The Morgan fingerprint density at radius 3 is 2.23 bits per heavy atom. The van der Waals surface area contributed by atoms with Crippen molar-refractivity contribution in [3.63, 3.8) is 0 Å². The molecule has 0 fully saturated rings. The van der Waals surface area contributed by atoms with Crippen molar-refractivity contribution in [1.82, 2.24) is 0 Å². The zero-order chi connectivity index (χ0) is 10.0. The Kier molecular flexibility index (Phi) is 2.27. The molecule has 0 heterocycles. The van der Waals surface area contributed by atoms with Crippen molar-refractivity contribution in [1.29, 1.82) is 0 Å². The van der Waals surface area contributed by atoms with Crippen LogP contribution < -0.4 is 11.5 Å². The van der Waals surface area contributed by atoms with Crippen LogP contribution in [-0.4, -0.2) is 17.6 Å². The minimum absolute atomic E-state index is 0.0139. The number of hydrogen-bond acceptors (Lipinski definition) is 3. The van der Waals surface area contributed by atoms with Crippen LogP contribution in [0.1, 0.15) is 6.42 Å². The first-order chi connectivity index (χ1) is 6.02. The van der Waals surface area contributed by atoms with Gasteiger partial charge in [0.15, 0.2) is 5.78 Å². The lowest BCUT2D eigenvalue weighted by Gasteiger charge is -2.08. The number of carbonyl (C=O) groups excluding carboxylic acids is 3. The summed E-state index contributed by atoms with van der Waals surface area (Å²) in [6, 6.07) is 0. The number of rotatable bonds is 2. The van der Waals surface area contributed by atoms with Gasteiger partial charge in [-0.25, -0.2) is 0 Å². The molecule has 0 radical (unpaired) electrons. The molecule has 0 aromatic heterocycles. The highest BCUT2D eigenvalue weighted by Crippen LogP contribution is 2.15. The van der Waals surface area contributed by atoms with Crippen molar-refractivity contribution in [2.75, 3.05) is 0 Å². The maximum absolute atomic E-state index is 10.9. The van der Waals surface area contributed by atoms with Crippen LogP contribution in [0.4, 0.5) is 0 Å². The maximum Gasteiger partial charge on any atom is 0.249 e. The van der Waals surface area contributed by atoms with Crippen LogP contribution in [0.25, 0.3) is 0 Å². The highest BCUT2D eigenvalue weighted by molar-refractivity contribution is 6.12. The van der Waals surface area contributed by atoms with Gasteiger partial charge in [-0.15, -0.1) is 0 Å².